The Morgan fingerprint density at radius 3 is 2.23 bits per heavy atom. The van der Waals surface area contributed by atoms with Crippen LogP contribution in [0.3, 0.4) is 0 Å². The van der Waals surface area contributed by atoms with Gasteiger partial charge in [0.15, 0.2) is 0 Å². The van der Waals surface area contributed by atoms with Gasteiger partial charge < -0.3 is 10.8 Å². The molecular formula is C6H8N2NaO3S+. The molecule has 5 N–H and O–H groups in total. The molecule has 1 aromatic rings. The van der Waals surface area contributed by atoms with Gasteiger partial charge in [0, 0.05) is 0 Å². The average molecular weight is 211 g/mol. The summed E-state index contributed by atoms with van der Waals surface area (Å²) in [7, 11) is -3.73. The predicted molar refractivity (Wildman–Crippen MR) is 43.9 cm³/mol. The average Bonchev–Trinajstić information content (AvgIpc) is 1.92. The third kappa shape index (κ3) is 3.17. The van der Waals surface area contributed by atoms with Crippen LogP contribution in [0, 0.1) is 0 Å². The molecule has 0 amide bonds. The molecule has 7 heteroatoms. The van der Waals surface area contributed by atoms with Crippen molar-refractivity contribution in [2.75, 3.05) is 5.73 Å². The van der Waals surface area contributed by atoms with E-state index in [0.717, 1.165) is 6.07 Å². The maximum atomic E-state index is 10.7. The van der Waals surface area contributed by atoms with Crippen molar-refractivity contribution < 1.29 is 43.1 Å². The topological polar surface area (TPSA) is 106 Å². The van der Waals surface area contributed by atoms with E-state index < -0.39 is 10.0 Å². The Kier molecular flexibility index (Phi) is 4.21. The van der Waals surface area contributed by atoms with Gasteiger partial charge in [-0.2, -0.15) is 0 Å². The van der Waals surface area contributed by atoms with Crippen LogP contribution in [0.4, 0.5) is 5.69 Å². The summed E-state index contributed by atoms with van der Waals surface area (Å²) in [6, 6.07) is 3.46. The molecule has 0 saturated heterocycles. The van der Waals surface area contributed by atoms with Crippen molar-refractivity contribution in [1.29, 1.82) is 0 Å². The van der Waals surface area contributed by atoms with Crippen LogP contribution in [-0.4, -0.2) is 13.5 Å². The minimum absolute atomic E-state index is 0. The van der Waals surface area contributed by atoms with Gasteiger partial charge in [-0.3, -0.25) is 0 Å². The second-order valence-electron chi connectivity index (χ2n) is 2.27. The molecule has 0 radical (unpaired) electrons. The van der Waals surface area contributed by atoms with Crippen molar-refractivity contribution in [2.45, 2.75) is 4.90 Å². The molecule has 0 saturated carbocycles. The Labute approximate surface area is 98.1 Å². The standard InChI is InChI=1S/C6H8N2O3S.Na/c7-5-3-4(12(8,10)11)1-2-6(5)9;/h1-3,9H,7H2,(H2,8,10,11);/q;+1. The fourth-order valence-electron chi connectivity index (χ4n) is 0.710. The quantitative estimate of drug-likeness (QED) is 0.256. The number of phenolic OH excluding ortho intramolecular Hbond substituents is 1. The van der Waals surface area contributed by atoms with Crippen molar-refractivity contribution in [3.63, 3.8) is 0 Å². The SMILES string of the molecule is Nc1cc(S(N)(=O)=O)ccc1O.[Na+]. The number of nitrogens with two attached hydrogens (primary N) is 2. The normalized spacial score (nSPS) is 10.5. The molecule has 0 aliphatic heterocycles. The summed E-state index contributed by atoms with van der Waals surface area (Å²) in [6.07, 6.45) is 0. The van der Waals surface area contributed by atoms with Gasteiger partial charge in [0.05, 0.1) is 10.6 Å². The maximum Gasteiger partial charge on any atom is 1.00 e. The minimum atomic E-state index is -3.73. The smallest absolute Gasteiger partial charge is 0.506 e. The first-order chi connectivity index (χ1) is 5.41. The number of anilines is 1. The Hall–Kier alpha value is -0.270. The second kappa shape index (κ2) is 4.30. The summed E-state index contributed by atoms with van der Waals surface area (Å²) in [4.78, 5) is -0.113. The van der Waals surface area contributed by atoms with E-state index in [1.165, 1.54) is 12.1 Å². The summed E-state index contributed by atoms with van der Waals surface area (Å²) in [5.74, 6) is -0.164. The van der Waals surface area contributed by atoms with Crippen LogP contribution in [0.5, 0.6) is 5.75 Å². The summed E-state index contributed by atoms with van der Waals surface area (Å²) < 4.78 is 21.5. The van der Waals surface area contributed by atoms with Crippen molar-refractivity contribution >= 4 is 15.7 Å². The number of hydrogen-bond donors (Lipinski definition) is 3. The molecule has 0 aromatic heterocycles. The molecular weight excluding hydrogens is 203 g/mol. The fourth-order valence-corrected chi connectivity index (χ4v) is 1.26. The zero-order valence-corrected chi connectivity index (χ0v) is 9.88. The molecule has 0 heterocycles. The van der Waals surface area contributed by atoms with E-state index in [9.17, 15) is 8.42 Å². The molecule has 0 unspecified atom stereocenters. The largest absolute Gasteiger partial charge is 1.00 e. The van der Waals surface area contributed by atoms with Crippen LogP contribution in [0.25, 0.3) is 0 Å². The molecule has 0 atom stereocenters. The van der Waals surface area contributed by atoms with Gasteiger partial charge in [-0.1, -0.05) is 0 Å². The van der Waals surface area contributed by atoms with Gasteiger partial charge in [-0.05, 0) is 18.2 Å². The number of benzene rings is 1. The van der Waals surface area contributed by atoms with E-state index in [1.807, 2.05) is 0 Å². The third-order valence-corrected chi connectivity index (χ3v) is 2.24. The van der Waals surface area contributed by atoms with Crippen LogP contribution in [-0.2, 0) is 10.0 Å². The van der Waals surface area contributed by atoms with E-state index in [-0.39, 0.29) is 45.9 Å². The molecule has 1 rings (SSSR count). The first-order valence-electron chi connectivity index (χ1n) is 3.02. The summed E-state index contributed by atoms with van der Waals surface area (Å²) in [6.45, 7) is 0. The molecule has 0 aliphatic carbocycles. The zero-order valence-electron chi connectivity index (χ0n) is 7.06. The van der Waals surface area contributed by atoms with Gasteiger partial charge >= 0.3 is 29.6 Å². The van der Waals surface area contributed by atoms with Crippen LogP contribution < -0.4 is 40.4 Å². The van der Waals surface area contributed by atoms with E-state index in [1.54, 1.807) is 0 Å². The molecule has 66 valence electrons. The van der Waals surface area contributed by atoms with Gasteiger partial charge in [0.1, 0.15) is 5.75 Å². The number of sulfonamides is 1. The fraction of sp³-hybridized carbons (Fsp3) is 0. The van der Waals surface area contributed by atoms with Gasteiger partial charge in [0.2, 0.25) is 10.0 Å². The van der Waals surface area contributed by atoms with E-state index in [2.05, 4.69) is 0 Å². The first kappa shape index (κ1) is 12.7. The number of hydrogen-bond acceptors (Lipinski definition) is 4. The van der Waals surface area contributed by atoms with Gasteiger partial charge in [0.25, 0.3) is 0 Å². The van der Waals surface area contributed by atoms with Gasteiger partial charge in [-0.25, -0.2) is 13.6 Å². The summed E-state index contributed by atoms with van der Waals surface area (Å²) in [5.41, 5.74) is 5.23. The summed E-state index contributed by atoms with van der Waals surface area (Å²) in [5, 5.41) is 13.8. The molecule has 13 heavy (non-hydrogen) atoms. The Morgan fingerprint density at radius 2 is 1.85 bits per heavy atom. The number of nitrogen functional groups attached to an aromatic ring is 1. The molecule has 0 spiro atoms. The maximum absolute atomic E-state index is 10.7. The molecule has 1 aromatic carbocycles. The molecule has 5 nitrogen and oxygen atoms in total. The first-order valence-corrected chi connectivity index (χ1v) is 4.57. The Bertz CT molecular complexity index is 404. The second-order valence-corrected chi connectivity index (χ2v) is 3.83. The Morgan fingerprint density at radius 1 is 1.31 bits per heavy atom. The van der Waals surface area contributed by atoms with E-state index in [0.29, 0.717) is 0 Å². The Balaban J connectivity index is 0.00000144. The molecule has 0 bridgehead atoms. The zero-order chi connectivity index (χ0) is 9.35. The van der Waals surface area contributed by atoms with Crippen molar-refractivity contribution in [3.8, 4) is 5.75 Å². The van der Waals surface area contributed by atoms with Crippen molar-refractivity contribution in [3.05, 3.63) is 18.2 Å². The monoisotopic (exact) mass is 211 g/mol. The predicted octanol–water partition coefficient (Wildman–Crippen LogP) is -3.37. The number of primary sulfonamides is 1. The third-order valence-electron chi connectivity index (χ3n) is 1.33. The molecule has 0 fully saturated rings. The van der Waals surface area contributed by atoms with Crippen LogP contribution in [0.1, 0.15) is 0 Å². The number of rotatable bonds is 1. The van der Waals surface area contributed by atoms with Crippen LogP contribution >= 0.6 is 0 Å². The van der Waals surface area contributed by atoms with E-state index >= 15 is 0 Å². The van der Waals surface area contributed by atoms with Gasteiger partial charge in [-0.15, -0.1) is 0 Å². The van der Waals surface area contributed by atoms with Crippen LogP contribution in [0.15, 0.2) is 23.1 Å². The van der Waals surface area contributed by atoms with E-state index in [4.69, 9.17) is 16.0 Å². The van der Waals surface area contributed by atoms with Crippen molar-refractivity contribution in [1.82, 2.24) is 0 Å². The van der Waals surface area contributed by atoms with Crippen molar-refractivity contribution in [2.24, 2.45) is 5.14 Å². The number of phenols is 1. The summed E-state index contributed by atoms with van der Waals surface area (Å²) >= 11 is 0. The number of aromatic hydroxyl groups is 1. The minimum Gasteiger partial charge on any atom is -0.506 e. The van der Waals surface area contributed by atoms with Crippen LogP contribution in [0.2, 0.25) is 0 Å². The molecule has 0 aliphatic rings.